The molecular weight excluding hydrogens is 262 g/mol. The Morgan fingerprint density at radius 2 is 2.10 bits per heavy atom. The van der Waals surface area contributed by atoms with Crippen LogP contribution in [0.5, 0.6) is 0 Å². The second-order valence-corrected chi connectivity index (χ2v) is 6.39. The van der Waals surface area contributed by atoms with Crippen LogP contribution in [-0.4, -0.2) is 53.6 Å². The van der Waals surface area contributed by atoms with Gasteiger partial charge in [0.05, 0.1) is 18.1 Å². The van der Waals surface area contributed by atoms with Crippen molar-refractivity contribution in [2.45, 2.75) is 51.2 Å². The number of likely N-dealkylation sites (N-methyl/N-ethyl adjacent to an activating group) is 1. The average Bonchev–Trinajstić information content (AvgIpc) is 3.33. The molecule has 21 heavy (non-hydrogen) atoms. The molecule has 5 nitrogen and oxygen atoms in total. The molecule has 2 fully saturated rings. The summed E-state index contributed by atoms with van der Waals surface area (Å²) in [6.07, 6.45) is 8.86. The molecular formula is C16H27N5. The number of aromatic nitrogens is 2. The lowest BCUT2D eigenvalue weighted by atomic mass is 10.2. The largest absolute Gasteiger partial charge is 0.351 e. The molecule has 2 aliphatic rings. The van der Waals surface area contributed by atoms with Gasteiger partial charge in [-0.15, -0.1) is 0 Å². The van der Waals surface area contributed by atoms with E-state index in [-0.39, 0.29) is 0 Å². The molecule has 0 amide bonds. The minimum Gasteiger partial charge on any atom is -0.351 e. The summed E-state index contributed by atoms with van der Waals surface area (Å²) < 4.78 is 0. The second kappa shape index (κ2) is 6.71. The Morgan fingerprint density at radius 1 is 1.24 bits per heavy atom. The van der Waals surface area contributed by atoms with Crippen LogP contribution in [0.3, 0.4) is 0 Å². The van der Waals surface area contributed by atoms with Crippen molar-refractivity contribution in [1.29, 1.82) is 0 Å². The molecule has 0 bridgehead atoms. The van der Waals surface area contributed by atoms with Crippen LogP contribution in [-0.2, 0) is 6.54 Å². The van der Waals surface area contributed by atoms with Crippen LogP contribution in [0, 0.1) is 0 Å². The summed E-state index contributed by atoms with van der Waals surface area (Å²) in [4.78, 5) is 14.1. The predicted octanol–water partition coefficient (Wildman–Crippen LogP) is 1.65. The van der Waals surface area contributed by atoms with Gasteiger partial charge in [0.1, 0.15) is 5.82 Å². The fourth-order valence-corrected chi connectivity index (χ4v) is 3.02. The van der Waals surface area contributed by atoms with Gasteiger partial charge in [0.15, 0.2) is 0 Å². The molecule has 1 N–H and O–H groups in total. The second-order valence-electron chi connectivity index (χ2n) is 6.39. The van der Waals surface area contributed by atoms with Crippen LogP contribution in [0.4, 0.5) is 5.82 Å². The van der Waals surface area contributed by atoms with Crippen molar-refractivity contribution in [3.8, 4) is 0 Å². The Morgan fingerprint density at radius 3 is 2.76 bits per heavy atom. The molecule has 1 aromatic rings. The fourth-order valence-electron chi connectivity index (χ4n) is 3.02. The molecule has 1 aliphatic carbocycles. The highest BCUT2D eigenvalue weighted by Gasteiger charge is 2.23. The molecule has 1 atom stereocenters. The van der Waals surface area contributed by atoms with E-state index in [9.17, 15) is 0 Å². The summed E-state index contributed by atoms with van der Waals surface area (Å²) in [5, 5.41) is 3.48. The van der Waals surface area contributed by atoms with E-state index in [2.05, 4.69) is 39.1 Å². The van der Waals surface area contributed by atoms with Crippen molar-refractivity contribution in [2.75, 3.05) is 31.6 Å². The fraction of sp³-hybridized carbons (Fsp3) is 0.750. The first-order chi connectivity index (χ1) is 10.3. The third-order valence-electron chi connectivity index (χ3n) is 4.51. The van der Waals surface area contributed by atoms with Gasteiger partial charge < -0.3 is 15.1 Å². The maximum absolute atomic E-state index is 4.67. The van der Waals surface area contributed by atoms with Crippen LogP contribution in [0.2, 0.25) is 0 Å². The molecule has 1 unspecified atom stereocenters. The van der Waals surface area contributed by atoms with Crippen LogP contribution in [0.15, 0.2) is 12.4 Å². The zero-order chi connectivity index (χ0) is 14.7. The van der Waals surface area contributed by atoms with Gasteiger partial charge in [-0.3, -0.25) is 4.98 Å². The minimum absolute atomic E-state index is 0.544. The maximum Gasteiger partial charge on any atom is 0.147 e. The standard InChI is InChI=1S/C16H27N5/c1-3-15-12-20(2)7-4-8-21(15)16-11-18-14(10-19-16)9-17-13-5-6-13/h10-11,13,15,17H,3-9,12H2,1-2H3. The summed E-state index contributed by atoms with van der Waals surface area (Å²) in [6.45, 7) is 6.47. The van der Waals surface area contributed by atoms with E-state index in [4.69, 9.17) is 0 Å². The lowest BCUT2D eigenvalue weighted by Crippen LogP contribution is -2.40. The zero-order valence-corrected chi connectivity index (χ0v) is 13.3. The quantitative estimate of drug-likeness (QED) is 0.893. The van der Waals surface area contributed by atoms with Crippen LogP contribution in [0.25, 0.3) is 0 Å². The van der Waals surface area contributed by atoms with Crippen molar-refractivity contribution < 1.29 is 0 Å². The molecule has 1 saturated carbocycles. The van der Waals surface area contributed by atoms with E-state index in [0.29, 0.717) is 6.04 Å². The molecule has 5 heteroatoms. The highest BCUT2D eigenvalue weighted by atomic mass is 15.3. The van der Waals surface area contributed by atoms with Crippen molar-refractivity contribution in [1.82, 2.24) is 20.2 Å². The lowest BCUT2D eigenvalue weighted by Gasteiger charge is -2.31. The molecule has 2 heterocycles. The lowest BCUT2D eigenvalue weighted by molar-refractivity contribution is 0.327. The first kappa shape index (κ1) is 14.7. The summed E-state index contributed by atoms with van der Waals surface area (Å²) in [5.41, 5.74) is 1.05. The summed E-state index contributed by atoms with van der Waals surface area (Å²) in [7, 11) is 2.21. The number of anilines is 1. The van der Waals surface area contributed by atoms with Crippen LogP contribution < -0.4 is 10.2 Å². The molecule has 0 aromatic carbocycles. The summed E-state index contributed by atoms with van der Waals surface area (Å²) in [6, 6.07) is 1.26. The molecule has 1 aromatic heterocycles. The van der Waals surface area contributed by atoms with E-state index in [1.165, 1.54) is 25.8 Å². The summed E-state index contributed by atoms with van der Waals surface area (Å²) >= 11 is 0. The molecule has 3 rings (SSSR count). The Labute approximate surface area is 127 Å². The van der Waals surface area contributed by atoms with Crippen molar-refractivity contribution in [3.63, 3.8) is 0 Å². The Balaban J connectivity index is 1.65. The number of nitrogens with one attached hydrogen (secondary N) is 1. The Hall–Kier alpha value is -1.20. The Bertz CT molecular complexity index is 442. The first-order valence-electron chi connectivity index (χ1n) is 8.25. The van der Waals surface area contributed by atoms with E-state index in [1.807, 2.05) is 12.4 Å². The topological polar surface area (TPSA) is 44.3 Å². The van der Waals surface area contributed by atoms with Gasteiger partial charge in [-0.1, -0.05) is 6.92 Å². The normalized spacial score (nSPS) is 24.1. The van der Waals surface area contributed by atoms with Gasteiger partial charge in [-0.25, -0.2) is 4.98 Å². The van der Waals surface area contributed by atoms with Gasteiger partial charge >= 0.3 is 0 Å². The van der Waals surface area contributed by atoms with E-state index in [0.717, 1.165) is 43.6 Å². The third kappa shape index (κ3) is 3.92. The van der Waals surface area contributed by atoms with Crippen molar-refractivity contribution >= 4 is 5.82 Å². The highest BCUT2D eigenvalue weighted by molar-refractivity contribution is 5.38. The van der Waals surface area contributed by atoms with Gasteiger partial charge in [0.2, 0.25) is 0 Å². The van der Waals surface area contributed by atoms with Gasteiger partial charge in [0.25, 0.3) is 0 Å². The smallest absolute Gasteiger partial charge is 0.147 e. The molecule has 0 radical (unpaired) electrons. The zero-order valence-electron chi connectivity index (χ0n) is 13.3. The highest BCUT2D eigenvalue weighted by Crippen LogP contribution is 2.20. The first-order valence-corrected chi connectivity index (χ1v) is 8.25. The number of rotatable bonds is 5. The van der Waals surface area contributed by atoms with Gasteiger partial charge in [0, 0.05) is 31.7 Å². The monoisotopic (exact) mass is 289 g/mol. The van der Waals surface area contributed by atoms with Crippen molar-refractivity contribution in [2.24, 2.45) is 0 Å². The molecule has 1 aliphatic heterocycles. The maximum atomic E-state index is 4.67. The van der Waals surface area contributed by atoms with E-state index >= 15 is 0 Å². The minimum atomic E-state index is 0.544. The van der Waals surface area contributed by atoms with Crippen LogP contribution in [0.1, 0.15) is 38.3 Å². The van der Waals surface area contributed by atoms with Crippen LogP contribution >= 0.6 is 0 Å². The average molecular weight is 289 g/mol. The molecule has 0 spiro atoms. The molecule has 116 valence electrons. The number of hydrogen-bond acceptors (Lipinski definition) is 5. The van der Waals surface area contributed by atoms with E-state index in [1.54, 1.807) is 0 Å². The van der Waals surface area contributed by atoms with E-state index < -0.39 is 0 Å². The van der Waals surface area contributed by atoms with Gasteiger partial charge in [-0.2, -0.15) is 0 Å². The van der Waals surface area contributed by atoms with Crippen molar-refractivity contribution in [3.05, 3.63) is 18.1 Å². The predicted molar refractivity (Wildman–Crippen MR) is 85.4 cm³/mol. The molecule has 1 saturated heterocycles. The summed E-state index contributed by atoms with van der Waals surface area (Å²) in [5.74, 6) is 1.03. The Kier molecular flexibility index (Phi) is 4.70. The SMILES string of the molecule is CCC1CN(C)CCCN1c1cnc(CNC2CC2)cn1. The van der Waals surface area contributed by atoms with Gasteiger partial charge in [-0.05, 0) is 39.3 Å². The number of hydrogen-bond donors (Lipinski definition) is 1. The number of nitrogens with zero attached hydrogens (tertiary/aromatic N) is 4. The third-order valence-corrected chi connectivity index (χ3v) is 4.51.